The van der Waals surface area contributed by atoms with Crippen molar-refractivity contribution in [1.82, 2.24) is 4.90 Å². The van der Waals surface area contributed by atoms with Crippen LogP contribution in [0.1, 0.15) is 23.7 Å². The summed E-state index contributed by atoms with van der Waals surface area (Å²) in [5, 5.41) is 0.765. The Morgan fingerprint density at radius 1 is 1.21 bits per heavy atom. The normalized spacial score (nSPS) is 18.8. The van der Waals surface area contributed by atoms with Gasteiger partial charge in [-0.05, 0) is 42.8 Å². The fraction of sp³-hybridized carbons (Fsp3) is 0.263. The molecule has 0 radical (unpaired) electrons. The van der Waals surface area contributed by atoms with E-state index in [-0.39, 0.29) is 11.9 Å². The Labute approximate surface area is 146 Å². The van der Waals surface area contributed by atoms with Crippen molar-refractivity contribution < 1.29 is 9.53 Å². The second kappa shape index (κ2) is 7.53. The van der Waals surface area contributed by atoms with Crippen LogP contribution in [-0.2, 0) is 0 Å². The largest absolute Gasteiger partial charge is 0.497 e. The molecule has 1 heterocycles. The number of thioether (sulfide) groups is 1. The number of aliphatic imine (C=N–C) groups is 1. The molecule has 5 heteroatoms. The monoisotopic (exact) mass is 340 g/mol. The van der Waals surface area contributed by atoms with Crippen LogP contribution in [-0.4, -0.2) is 34.9 Å². The number of methoxy groups -OCH3 is 1. The highest BCUT2D eigenvalue weighted by Gasteiger charge is 2.34. The molecule has 1 amide bonds. The van der Waals surface area contributed by atoms with Gasteiger partial charge in [-0.15, -0.1) is 0 Å². The predicted octanol–water partition coefficient (Wildman–Crippen LogP) is 4.35. The summed E-state index contributed by atoms with van der Waals surface area (Å²) in [4.78, 5) is 19.5. The van der Waals surface area contributed by atoms with Crippen molar-refractivity contribution >= 4 is 28.5 Å². The van der Waals surface area contributed by atoms with E-state index in [2.05, 4.69) is 11.9 Å². The second-order valence-electron chi connectivity index (χ2n) is 5.51. The van der Waals surface area contributed by atoms with E-state index >= 15 is 0 Å². The predicted molar refractivity (Wildman–Crippen MR) is 99.2 cm³/mol. The Balaban J connectivity index is 1.90. The summed E-state index contributed by atoms with van der Waals surface area (Å²) in [5.74, 6) is 1.69. The summed E-state index contributed by atoms with van der Waals surface area (Å²) in [6.45, 7) is 2.10. The molecule has 124 valence electrons. The highest BCUT2D eigenvalue weighted by atomic mass is 32.2. The van der Waals surface area contributed by atoms with Crippen molar-refractivity contribution in [3.63, 3.8) is 0 Å². The molecule has 0 bridgehead atoms. The molecule has 3 rings (SSSR count). The van der Waals surface area contributed by atoms with Gasteiger partial charge in [-0.25, -0.2) is 4.99 Å². The van der Waals surface area contributed by atoms with Crippen LogP contribution in [0.4, 0.5) is 5.69 Å². The third kappa shape index (κ3) is 3.46. The molecule has 0 saturated carbocycles. The molecule has 1 aliphatic heterocycles. The van der Waals surface area contributed by atoms with Gasteiger partial charge >= 0.3 is 0 Å². The van der Waals surface area contributed by atoms with Gasteiger partial charge in [0.05, 0.1) is 12.8 Å². The van der Waals surface area contributed by atoms with Gasteiger partial charge in [0, 0.05) is 17.4 Å². The van der Waals surface area contributed by atoms with Gasteiger partial charge in [0.25, 0.3) is 5.91 Å². The van der Waals surface area contributed by atoms with Crippen molar-refractivity contribution in [3.05, 3.63) is 60.2 Å². The van der Waals surface area contributed by atoms with E-state index < -0.39 is 0 Å². The van der Waals surface area contributed by atoms with Crippen molar-refractivity contribution in [2.24, 2.45) is 4.99 Å². The first-order chi connectivity index (χ1) is 11.7. The molecule has 0 N–H and O–H groups in total. The van der Waals surface area contributed by atoms with Crippen LogP contribution in [0.15, 0.2) is 59.6 Å². The highest BCUT2D eigenvalue weighted by molar-refractivity contribution is 8.14. The van der Waals surface area contributed by atoms with E-state index in [0.717, 1.165) is 28.8 Å². The first-order valence-corrected chi connectivity index (χ1v) is 8.95. The number of carbonyl (C=O) groups excluding carboxylic acids is 1. The number of rotatable bonds is 4. The summed E-state index contributed by atoms with van der Waals surface area (Å²) in [7, 11) is 1.64. The van der Waals surface area contributed by atoms with Crippen LogP contribution >= 0.6 is 11.8 Å². The Kier molecular flexibility index (Phi) is 5.20. The molecule has 2 aromatic carbocycles. The summed E-state index contributed by atoms with van der Waals surface area (Å²) in [6.07, 6.45) is 0.910. The number of amidine groups is 1. The first kappa shape index (κ1) is 16.6. The fourth-order valence-electron chi connectivity index (χ4n) is 2.60. The lowest BCUT2D eigenvalue weighted by Gasteiger charge is -2.23. The zero-order chi connectivity index (χ0) is 16.9. The molecule has 0 unspecified atom stereocenters. The Morgan fingerprint density at radius 2 is 1.92 bits per heavy atom. The minimum absolute atomic E-state index is 0.0136. The lowest BCUT2D eigenvalue weighted by Crippen LogP contribution is -2.38. The molecular weight excluding hydrogens is 320 g/mol. The van der Waals surface area contributed by atoms with E-state index in [1.807, 2.05) is 59.5 Å². The molecule has 2 aromatic rings. The minimum Gasteiger partial charge on any atom is -0.497 e. The first-order valence-electron chi connectivity index (χ1n) is 7.97. The fourth-order valence-corrected chi connectivity index (χ4v) is 3.86. The van der Waals surface area contributed by atoms with Gasteiger partial charge in [-0.1, -0.05) is 36.9 Å². The van der Waals surface area contributed by atoms with E-state index in [9.17, 15) is 4.79 Å². The van der Waals surface area contributed by atoms with Gasteiger partial charge < -0.3 is 4.74 Å². The van der Waals surface area contributed by atoms with Crippen molar-refractivity contribution in [2.75, 3.05) is 12.9 Å². The zero-order valence-corrected chi connectivity index (χ0v) is 14.6. The maximum absolute atomic E-state index is 12.9. The summed E-state index contributed by atoms with van der Waals surface area (Å²) >= 11 is 1.63. The molecule has 4 nitrogen and oxygen atoms in total. The lowest BCUT2D eigenvalue weighted by atomic mass is 10.1. The topological polar surface area (TPSA) is 41.9 Å². The molecule has 1 atom stereocenters. The maximum atomic E-state index is 12.9. The van der Waals surface area contributed by atoms with Crippen LogP contribution in [0, 0.1) is 0 Å². The highest BCUT2D eigenvalue weighted by Crippen LogP contribution is 2.30. The lowest BCUT2D eigenvalue weighted by molar-refractivity contribution is 0.0819. The summed E-state index contributed by atoms with van der Waals surface area (Å²) in [5.41, 5.74) is 1.52. The average Bonchev–Trinajstić information content (AvgIpc) is 3.05. The van der Waals surface area contributed by atoms with Gasteiger partial charge in [0.1, 0.15) is 5.75 Å². The number of hydrogen-bond acceptors (Lipinski definition) is 4. The third-order valence-corrected chi connectivity index (χ3v) is 5.08. The standard InChI is InChI=1S/C19H20N2O2S/c1-3-16-13-24-19(20-15-9-11-17(23-2)12-10-15)21(16)18(22)14-7-5-4-6-8-14/h4-12,16H,3,13H2,1-2H3/t16-/m1/s1. The number of hydrogen-bond donors (Lipinski definition) is 0. The molecule has 1 saturated heterocycles. The number of amides is 1. The number of ether oxygens (including phenoxy) is 1. The third-order valence-electron chi connectivity index (χ3n) is 3.98. The average molecular weight is 340 g/mol. The Hall–Kier alpha value is -2.27. The number of nitrogens with zero attached hydrogens (tertiary/aromatic N) is 2. The van der Waals surface area contributed by atoms with Gasteiger partial charge in [-0.2, -0.15) is 0 Å². The molecule has 1 aliphatic rings. The molecular formula is C19H20N2O2S. The van der Waals surface area contributed by atoms with Crippen LogP contribution in [0.5, 0.6) is 5.75 Å². The Morgan fingerprint density at radius 3 is 2.54 bits per heavy atom. The summed E-state index contributed by atoms with van der Waals surface area (Å²) < 4.78 is 5.17. The molecule has 24 heavy (non-hydrogen) atoms. The van der Waals surface area contributed by atoms with Crippen LogP contribution < -0.4 is 4.74 Å². The van der Waals surface area contributed by atoms with Gasteiger partial charge in [0.2, 0.25) is 0 Å². The number of carbonyl (C=O) groups is 1. The van der Waals surface area contributed by atoms with E-state index in [1.165, 1.54) is 0 Å². The SMILES string of the molecule is CC[C@@H]1CSC(=Nc2ccc(OC)cc2)N1C(=O)c1ccccc1. The minimum atomic E-state index is 0.0136. The smallest absolute Gasteiger partial charge is 0.260 e. The van der Waals surface area contributed by atoms with E-state index in [1.54, 1.807) is 18.9 Å². The van der Waals surface area contributed by atoms with E-state index in [4.69, 9.17) is 4.74 Å². The van der Waals surface area contributed by atoms with Crippen molar-refractivity contribution in [3.8, 4) is 5.75 Å². The molecule has 1 fully saturated rings. The maximum Gasteiger partial charge on any atom is 0.260 e. The molecule has 0 aromatic heterocycles. The number of benzene rings is 2. The Bertz CT molecular complexity index is 729. The van der Waals surface area contributed by atoms with Crippen LogP contribution in [0.3, 0.4) is 0 Å². The van der Waals surface area contributed by atoms with Gasteiger partial charge in [0.15, 0.2) is 5.17 Å². The second-order valence-corrected chi connectivity index (χ2v) is 6.49. The van der Waals surface area contributed by atoms with E-state index in [0.29, 0.717) is 5.56 Å². The molecule has 0 aliphatic carbocycles. The van der Waals surface area contributed by atoms with Gasteiger partial charge in [-0.3, -0.25) is 9.69 Å². The zero-order valence-electron chi connectivity index (χ0n) is 13.8. The van der Waals surface area contributed by atoms with Crippen LogP contribution in [0.25, 0.3) is 0 Å². The van der Waals surface area contributed by atoms with Crippen molar-refractivity contribution in [1.29, 1.82) is 0 Å². The summed E-state index contributed by atoms with van der Waals surface area (Å²) in [6, 6.07) is 17.1. The van der Waals surface area contributed by atoms with Crippen LogP contribution in [0.2, 0.25) is 0 Å². The molecule has 0 spiro atoms. The van der Waals surface area contributed by atoms with Crippen molar-refractivity contribution in [2.45, 2.75) is 19.4 Å². The quantitative estimate of drug-likeness (QED) is 0.831.